The van der Waals surface area contributed by atoms with Crippen molar-refractivity contribution < 1.29 is 5.11 Å². The van der Waals surface area contributed by atoms with Crippen LogP contribution in [-0.4, -0.2) is 26.2 Å². The summed E-state index contributed by atoms with van der Waals surface area (Å²) in [5.41, 5.74) is 3.00. The molecule has 4 heteroatoms. The molecule has 23 heavy (non-hydrogen) atoms. The summed E-state index contributed by atoms with van der Waals surface area (Å²) >= 11 is 0. The maximum atomic E-state index is 10.9. The lowest BCUT2D eigenvalue weighted by molar-refractivity contribution is -0.0173. The Balaban J connectivity index is 1.99. The van der Waals surface area contributed by atoms with Gasteiger partial charge in [-0.15, -0.1) is 0 Å². The van der Waals surface area contributed by atoms with E-state index >= 15 is 0 Å². The predicted octanol–water partition coefficient (Wildman–Crippen LogP) is 3.98. The standard InChI is InChI=1S/C19H27N3O/c1-12(2)14-10-13(19(3,4)5)11-17(18(14)23)22-20-15-8-6-7-9-16(15)21-22/h6-9,13-14,17-18,23H,1,10-11H2,2-5H3. The van der Waals surface area contributed by atoms with Crippen LogP contribution in [0.5, 0.6) is 0 Å². The second-order valence-corrected chi connectivity index (χ2v) is 8.05. The van der Waals surface area contributed by atoms with Crippen molar-refractivity contribution in [3.8, 4) is 0 Å². The molecule has 0 radical (unpaired) electrons. The van der Waals surface area contributed by atoms with E-state index in [1.54, 1.807) is 4.80 Å². The summed E-state index contributed by atoms with van der Waals surface area (Å²) in [6.45, 7) is 12.9. The van der Waals surface area contributed by atoms with Gasteiger partial charge in [0, 0.05) is 5.92 Å². The van der Waals surface area contributed by atoms with Gasteiger partial charge in [0.25, 0.3) is 0 Å². The third-order valence-corrected chi connectivity index (χ3v) is 5.33. The van der Waals surface area contributed by atoms with Crippen LogP contribution in [0, 0.1) is 17.3 Å². The molecular formula is C19H27N3O. The molecule has 0 aliphatic heterocycles. The Hall–Kier alpha value is -1.68. The van der Waals surface area contributed by atoms with Gasteiger partial charge in [-0.3, -0.25) is 0 Å². The highest BCUT2D eigenvalue weighted by Crippen LogP contribution is 2.46. The SMILES string of the molecule is C=C(C)C1CC(C(C)(C)C)CC(n2nc3ccccc3n2)C1O. The van der Waals surface area contributed by atoms with Gasteiger partial charge in [0.05, 0.1) is 12.1 Å². The molecule has 1 aliphatic rings. The molecular weight excluding hydrogens is 286 g/mol. The van der Waals surface area contributed by atoms with E-state index in [1.807, 2.05) is 31.2 Å². The molecule has 3 rings (SSSR count). The van der Waals surface area contributed by atoms with Crippen LogP contribution in [0.3, 0.4) is 0 Å². The number of aliphatic hydroxyl groups excluding tert-OH is 1. The fourth-order valence-corrected chi connectivity index (χ4v) is 3.70. The largest absolute Gasteiger partial charge is 0.390 e. The number of benzene rings is 1. The fraction of sp³-hybridized carbons (Fsp3) is 0.579. The number of hydrogen-bond donors (Lipinski definition) is 1. The summed E-state index contributed by atoms with van der Waals surface area (Å²) in [5, 5.41) is 20.1. The minimum atomic E-state index is -0.479. The van der Waals surface area contributed by atoms with Gasteiger partial charge in [0.15, 0.2) is 0 Å². The number of rotatable bonds is 2. The van der Waals surface area contributed by atoms with E-state index in [2.05, 4.69) is 37.5 Å². The van der Waals surface area contributed by atoms with E-state index in [-0.39, 0.29) is 17.4 Å². The van der Waals surface area contributed by atoms with Gasteiger partial charge in [-0.25, -0.2) is 0 Å². The molecule has 0 saturated heterocycles. The summed E-state index contributed by atoms with van der Waals surface area (Å²) in [5.74, 6) is 0.610. The highest BCUT2D eigenvalue weighted by molar-refractivity contribution is 5.73. The van der Waals surface area contributed by atoms with Crippen molar-refractivity contribution in [3.05, 3.63) is 36.4 Å². The molecule has 0 spiro atoms. The van der Waals surface area contributed by atoms with E-state index in [9.17, 15) is 5.11 Å². The summed E-state index contributed by atoms with van der Waals surface area (Å²) in [6.07, 6.45) is 1.40. The predicted molar refractivity (Wildman–Crippen MR) is 93.1 cm³/mol. The van der Waals surface area contributed by atoms with Crippen LogP contribution in [-0.2, 0) is 0 Å². The Morgan fingerprint density at radius 1 is 1.17 bits per heavy atom. The zero-order chi connectivity index (χ0) is 16.8. The fourth-order valence-electron chi connectivity index (χ4n) is 3.70. The van der Waals surface area contributed by atoms with Crippen molar-refractivity contribution in [2.75, 3.05) is 0 Å². The Kier molecular flexibility index (Phi) is 4.05. The topological polar surface area (TPSA) is 50.9 Å². The van der Waals surface area contributed by atoms with Gasteiger partial charge in [0.1, 0.15) is 11.0 Å². The number of nitrogens with zero attached hydrogens (tertiary/aromatic N) is 3. The van der Waals surface area contributed by atoms with Crippen molar-refractivity contribution in [2.24, 2.45) is 17.3 Å². The molecule has 1 aromatic heterocycles. The van der Waals surface area contributed by atoms with E-state index in [0.717, 1.165) is 29.4 Å². The van der Waals surface area contributed by atoms with Crippen molar-refractivity contribution in [2.45, 2.75) is 52.7 Å². The smallest absolute Gasteiger partial charge is 0.113 e. The summed E-state index contributed by atoms with van der Waals surface area (Å²) in [7, 11) is 0. The van der Waals surface area contributed by atoms with Crippen molar-refractivity contribution in [3.63, 3.8) is 0 Å². The number of aliphatic hydroxyl groups is 1. The van der Waals surface area contributed by atoms with Gasteiger partial charge >= 0.3 is 0 Å². The average molecular weight is 313 g/mol. The first-order valence-corrected chi connectivity index (χ1v) is 8.42. The first-order chi connectivity index (χ1) is 10.8. The summed E-state index contributed by atoms with van der Waals surface area (Å²) in [6, 6.07) is 7.76. The Labute approximate surface area is 138 Å². The van der Waals surface area contributed by atoms with Crippen molar-refractivity contribution in [1.82, 2.24) is 15.0 Å². The summed E-state index contributed by atoms with van der Waals surface area (Å²) < 4.78 is 0. The molecule has 0 bridgehead atoms. The summed E-state index contributed by atoms with van der Waals surface area (Å²) in [4.78, 5) is 1.74. The van der Waals surface area contributed by atoms with E-state index in [1.165, 1.54) is 0 Å². The van der Waals surface area contributed by atoms with E-state index in [4.69, 9.17) is 0 Å². The van der Waals surface area contributed by atoms with Crippen molar-refractivity contribution >= 4 is 11.0 Å². The molecule has 2 aromatic rings. The zero-order valence-corrected chi connectivity index (χ0v) is 14.5. The van der Waals surface area contributed by atoms with E-state index in [0.29, 0.717) is 5.92 Å². The monoisotopic (exact) mass is 313 g/mol. The van der Waals surface area contributed by atoms with Gasteiger partial charge in [-0.2, -0.15) is 15.0 Å². The second-order valence-electron chi connectivity index (χ2n) is 8.05. The molecule has 1 aromatic carbocycles. The first-order valence-electron chi connectivity index (χ1n) is 8.42. The molecule has 1 fully saturated rings. The third kappa shape index (κ3) is 3.05. The van der Waals surface area contributed by atoms with Crippen LogP contribution in [0.4, 0.5) is 0 Å². The van der Waals surface area contributed by atoms with E-state index < -0.39 is 6.10 Å². The van der Waals surface area contributed by atoms with Crippen LogP contribution in [0.1, 0.15) is 46.6 Å². The van der Waals surface area contributed by atoms with Gasteiger partial charge < -0.3 is 5.11 Å². The number of hydrogen-bond acceptors (Lipinski definition) is 3. The van der Waals surface area contributed by atoms with Crippen LogP contribution >= 0.6 is 0 Å². The lowest BCUT2D eigenvalue weighted by Gasteiger charge is -2.44. The first kappa shape index (κ1) is 16.2. The van der Waals surface area contributed by atoms with Crippen LogP contribution in [0.15, 0.2) is 36.4 Å². The van der Waals surface area contributed by atoms with Gasteiger partial charge in [-0.1, -0.05) is 45.1 Å². The molecule has 124 valence electrons. The van der Waals surface area contributed by atoms with Crippen LogP contribution < -0.4 is 0 Å². The zero-order valence-electron chi connectivity index (χ0n) is 14.5. The minimum absolute atomic E-state index is 0.0953. The Morgan fingerprint density at radius 2 is 1.74 bits per heavy atom. The quantitative estimate of drug-likeness (QED) is 0.853. The highest BCUT2D eigenvalue weighted by Gasteiger charge is 2.42. The molecule has 1 aliphatic carbocycles. The molecule has 4 atom stereocenters. The van der Waals surface area contributed by atoms with Crippen LogP contribution in [0.2, 0.25) is 0 Å². The molecule has 4 unspecified atom stereocenters. The number of aromatic nitrogens is 3. The normalized spacial score (nSPS) is 28.9. The molecule has 1 heterocycles. The second kappa shape index (κ2) is 5.75. The van der Waals surface area contributed by atoms with Crippen LogP contribution in [0.25, 0.3) is 11.0 Å². The molecule has 0 amide bonds. The maximum Gasteiger partial charge on any atom is 0.113 e. The number of fused-ring (bicyclic) bond motifs is 1. The minimum Gasteiger partial charge on any atom is -0.390 e. The Bertz CT molecular complexity index is 680. The Morgan fingerprint density at radius 3 is 2.22 bits per heavy atom. The molecule has 1 saturated carbocycles. The lowest BCUT2D eigenvalue weighted by Crippen LogP contribution is -2.43. The maximum absolute atomic E-state index is 10.9. The van der Waals surface area contributed by atoms with Gasteiger partial charge in [-0.05, 0) is 43.2 Å². The van der Waals surface area contributed by atoms with Crippen molar-refractivity contribution in [1.29, 1.82) is 0 Å². The molecule has 1 N–H and O–H groups in total. The average Bonchev–Trinajstić information content (AvgIpc) is 2.89. The van der Waals surface area contributed by atoms with Gasteiger partial charge in [0.2, 0.25) is 0 Å². The lowest BCUT2D eigenvalue weighted by atomic mass is 9.65. The highest BCUT2D eigenvalue weighted by atomic mass is 16.3. The molecule has 4 nitrogen and oxygen atoms in total. The third-order valence-electron chi connectivity index (χ3n) is 5.33.